The van der Waals surface area contributed by atoms with Gasteiger partial charge in [-0.25, -0.2) is 8.78 Å². The van der Waals surface area contributed by atoms with Gasteiger partial charge in [0.25, 0.3) is 0 Å². The Labute approximate surface area is 93.6 Å². The van der Waals surface area contributed by atoms with Crippen LogP contribution in [0.15, 0.2) is 0 Å². The second-order valence-corrected chi connectivity index (χ2v) is 5.19. The molecule has 0 aliphatic heterocycles. The summed E-state index contributed by atoms with van der Waals surface area (Å²) in [5.74, 6) is 0. The van der Waals surface area contributed by atoms with E-state index in [0.717, 1.165) is 6.42 Å². The first-order valence-corrected chi connectivity index (χ1v) is 6.28. The SMILES string of the molecule is CCC(C)(C)C[C@@H](F)C[C@@H](F)CI. The van der Waals surface area contributed by atoms with Crippen LogP contribution in [-0.4, -0.2) is 16.8 Å². The van der Waals surface area contributed by atoms with Crippen molar-refractivity contribution in [2.75, 3.05) is 4.43 Å². The van der Waals surface area contributed by atoms with Crippen LogP contribution in [0, 0.1) is 5.41 Å². The van der Waals surface area contributed by atoms with Crippen LogP contribution in [0.25, 0.3) is 0 Å². The van der Waals surface area contributed by atoms with Crippen molar-refractivity contribution in [1.82, 2.24) is 0 Å². The Morgan fingerprint density at radius 1 is 1.23 bits per heavy atom. The van der Waals surface area contributed by atoms with Gasteiger partial charge in [0, 0.05) is 10.8 Å². The van der Waals surface area contributed by atoms with Gasteiger partial charge in [0.05, 0.1) is 0 Å². The Morgan fingerprint density at radius 3 is 2.15 bits per heavy atom. The normalized spacial score (nSPS) is 17.1. The number of hydrogen-bond donors (Lipinski definition) is 0. The molecule has 0 aromatic heterocycles. The van der Waals surface area contributed by atoms with E-state index in [1.165, 1.54) is 0 Å². The van der Waals surface area contributed by atoms with Crippen molar-refractivity contribution >= 4 is 22.6 Å². The van der Waals surface area contributed by atoms with E-state index in [1.807, 2.05) is 43.4 Å². The van der Waals surface area contributed by atoms with Crippen LogP contribution >= 0.6 is 22.6 Å². The van der Waals surface area contributed by atoms with Gasteiger partial charge in [-0.15, -0.1) is 0 Å². The molecule has 0 nitrogen and oxygen atoms in total. The van der Waals surface area contributed by atoms with Crippen molar-refractivity contribution in [3.8, 4) is 0 Å². The molecule has 80 valence electrons. The van der Waals surface area contributed by atoms with E-state index in [0.29, 0.717) is 10.8 Å². The molecule has 2 atom stereocenters. The van der Waals surface area contributed by atoms with Crippen molar-refractivity contribution in [1.29, 1.82) is 0 Å². The van der Waals surface area contributed by atoms with Crippen molar-refractivity contribution in [2.45, 2.75) is 52.4 Å². The lowest BCUT2D eigenvalue weighted by molar-refractivity contribution is 0.164. The molecule has 0 saturated heterocycles. The van der Waals surface area contributed by atoms with Gasteiger partial charge in [0.2, 0.25) is 0 Å². The molecular weight excluding hydrogens is 285 g/mol. The maximum atomic E-state index is 13.3. The van der Waals surface area contributed by atoms with Gasteiger partial charge in [0.1, 0.15) is 12.3 Å². The van der Waals surface area contributed by atoms with Gasteiger partial charge in [-0.05, 0) is 11.8 Å². The summed E-state index contributed by atoms with van der Waals surface area (Å²) in [7, 11) is 0. The zero-order chi connectivity index (χ0) is 10.5. The molecule has 0 radical (unpaired) electrons. The Kier molecular flexibility index (Phi) is 6.42. The van der Waals surface area contributed by atoms with E-state index >= 15 is 0 Å². The third-order valence-electron chi connectivity index (χ3n) is 2.41. The van der Waals surface area contributed by atoms with Gasteiger partial charge < -0.3 is 0 Å². The maximum absolute atomic E-state index is 13.3. The maximum Gasteiger partial charge on any atom is 0.112 e. The highest BCUT2D eigenvalue weighted by Crippen LogP contribution is 2.29. The number of rotatable bonds is 6. The van der Waals surface area contributed by atoms with E-state index in [9.17, 15) is 8.78 Å². The Bertz CT molecular complexity index is 137. The molecular formula is C10H19F2I. The van der Waals surface area contributed by atoms with Gasteiger partial charge in [-0.3, -0.25) is 0 Å². The molecule has 0 amide bonds. The molecule has 0 bridgehead atoms. The number of hydrogen-bond acceptors (Lipinski definition) is 0. The predicted molar refractivity (Wildman–Crippen MR) is 62.0 cm³/mol. The minimum absolute atomic E-state index is 0.00437. The molecule has 0 N–H and O–H groups in total. The topological polar surface area (TPSA) is 0 Å². The summed E-state index contributed by atoms with van der Waals surface area (Å²) in [5, 5.41) is 0. The van der Waals surface area contributed by atoms with Crippen LogP contribution in [0.5, 0.6) is 0 Å². The monoisotopic (exact) mass is 304 g/mol. The van der Waals surface area contributed by atoms with Gasteiger partial charge in [0.15, 0.2) is 0 Å². The zero-order valence-corrected chi connectivity index (χ0v) is 10.8. The predicted octanol–water partition coefficient (Wildman–Crippen LogP) is 4.31. The van der Waals surface area contributed by atoms with Crippen molar-refractivity contribution in [3.63, 3.8) is 0 Å². The summed E-state index contributed by atoms with van der Waals surface area (Å²) >= 11 is 1.95. The highest BCUT2D eigenvalue weighted by molar-refractivity contribution is 14.1. The van der Waals surface area contributed by atoms with Crippen LogP contribution in [-0.2, 0) is 0 Å². The molecule has 0 aromatic carbocycles. The fraction of sp³-hybridized carbons (Fsp3) is 1.00. The highest BCUT2D eigenvalue weighted by Gasteiger charge is 2.23. The minimum atomic E-state index is -0.986. The summed E-state index contributed by atoms with van der Waals surface area (Å²) in [6.07, 6.45) is -0.496. The van der Waals surface area contributed by atoms with Crippen molar-refractivity contribution < 1.29 is 8.78 Å². The lowest BCUT2D eigenvalue weighted by atomic mass is 9.83. The van der Waals surface area contributed by atoms with E-state index < -0.39 is 12.3 Å². The Hall–Kier alpha value is 0.590. The standard InChI is InChI=1S/C10H19F2I/c1-4-10(2,3)6-8(11)5-9(12)7-13/h8-9H,4-7H2,1-3H3/t8-,9+/m0/s1. The molecule has 0 saturated carbocycles. The first-order chi connectivity index (χ1) is 5.91. The first-order valence-electron chi connectivity index (χ1n) is 4.75. The first kappa shape index (κ1) is 13.6. The minimum Gasteiger partial charge on any atom is -0.247 e. The van der Waals surface area contributed by atoms with Crippen LogP contribution in [0.1, 0.15) is 40.0 Å². The lowest BCUT2D eigenvalue weighted by Crippen LogP contribution is -2.20. The van der Waals surface area contributed by atoms with Gasteiger partial charge in [-0.2, -0.15) is 0 Å². The van der Waals surface area contributed by atoms with Crippen LogP contribution in [0.2, 0.25) is 0 Å². The summed E-state index contributed by atoms with van der Waals surface area (Å²) < 4.78 is 26.5. The lowest BCUT2D eigenvalue weighted by Gasteiger charge is -2.24. The van der Waals surface area contributed by atoms with E-state index in [4.69, 9.17) is 0 Å². The third-order valence-corrected chi connectivity index (χ3v) is 3.37. The molecule has 13 heavy (non-hydrogen) atoms. The molecule has 3 heteroatoms. The molecule has 0 rings (SSSR count). The molecule has 0 aliphatic rings. The van der Waals surface area contributed by atoms with E-state index in [1.54, 1.807) is 0 Å². The molecule has 0 aromatic rings. The third kappa shape index (κ3) is 6.63. The molecule has 0 heterocycles. The summed E-state index contributed by atoms with van der Waals surface area (Å²) in [6, 6.07) is 0. The van der Waals surface area contributed by atoms with Gasteiger partial charge in [-0.1, -0.05) is 49.8 Å². The largest absolute Gasteiger partial charge is 0.247 e. The fourth-order valence-electron chi connectivity index (χ4n) is 1.17. The molecule has 0 fully saturated rings. The second-order valence-electron chi connectivity index (χ2n) is 4.31. The molecule has 0 spiro atoms. The van der Waals surface area contributed by atoms with Crippen LogP contribution in [0.4, 0.5) is 8.78 Å². The number of halogens is 3. The Balaban J connectivity index is 3.79. The fourth-order valence-corrected chi connectivity index (χ4v) is 1.53. The Morgan fingerprint density at radius 2 is 1.77 bits per heavy atom. The van der Waals surface area contributed by atoms with Crippen LogP contribution < -0.4 is 0 Å². The van der Waals surface area contributed by atoms with Crippen LogP contribution in [0.3, 0.4) is 0 Å². The molecule has 0 unspecified atom stereocenters. The van der Waals surface area contributed by atoms with Crippen molar-refractivity contribution in [2.24, 2.45) is 5.41 Å². The summed E-state index contributed by atoms with van der Waals surface area (Å²) in [4.78, 5) is 0. The smallest absolute Gasteiger partial charge is 0.112 e. The zero-order valence-electron chi connectivity index (χ0n) is 8.62. The second kappa shape index (κ2) is 6.14. The average molecular weight is 304 g/mol. The summed E-state index contributed by atoms with van der Waals surface area (Å²) in [5.41, 5.74) is 0.00437. The molecule has 0 aliphatic carbocycles. The number of alkyl halides is 3. The van der Waals surface area contributed by atoms with E-state index in [2.05, 4.69) is 0 Å². The quantitative estimate of drug-likeness (QED) is 0.506. The summed E-state index contributed by atoms with van der Waals surface area (Å²) in [6.45, 7) is 6.09. The highest BCUT2D eigenvalue weighted by atomic mass is 127. The van der Waals surface area contributed by atoms with E-state index in [-0.39, 0.29) is 11.8 Å². The van der Waals surface area contributed by atoms with Gasteiger partial charge >= 0.3 is 0 Å². The van der Waals surface area contributed by atoms with Crippen molar-refractivity contribution in [3.05, 3.63) is 0 Å². The average Bonchev–Trinajstić information content (AvgIpc) is 2.03.